The van der Waals surface area contributed by atoms with Crippen molar-refractivity contribution in [1.82, 2.24) is 9.88 Å². The number of ether oxygens (including phenoxy) is 3. The van der Waals surface area contributed by atoms with Gasteiger partial charge in [-0.3, -0.25) is 4.90 Å². The predicted octanol–water partition coefficient (Wildman–Crippen LogP) is 5.03. The lowest BCUT2D eigenvalue weighted by Crippen LogP contribution is -2.49. The van der Waals surface area contributed by atoms with Crippen LogP contribution in [0.25, 0.3) is 11.3 Å². The molecule has 214 valence electrons. The first-order valence-electron chi connectivity index (χ1n) is 13.7. The number of aromatic nitrogens is 1. The van der Waals surface area contributed by atoms with Gasteiger partial charge >= 0.3 is 5.97 Å². The molecule has 3 heterocycles. The van der Waals surface area contributed by atoms with Gasteiger partial charge in [-0.15, -0.1) is 0 Å². The molecular weight excluding hydrogens is 520 g/mol. The number of carboxylic acids is 1. The number of para-hydroxylation sites is 1. The first-order valence-corrected chi connectivity index (χ1v) is 13.7. The van der Waals surface area contributed by atoms with Crippen molar-refractivity contribution in [1.29, 1.82) is 5.41 Å². The molecule has 0 atom stereocenters. The number of aliphatic carboxylic acids is 1. The van der Waals surface area contributed by atoms with Crippen molar-refractivity contribution in [2.45, 2.75) is 33.4 Å². The smallest absolute Gasteiger partial charge is 0.342 e. The zero-order valence-corrected chi connectivity index (χ0v) is 23.7. The Morgan fingerprint density at radius 3 is 2.71 bits per heavy atom. The maximum absolute atomic E-state index is 11.5. The van der Waals surface area contributed by atoms with E-state index in [1.807, 2.05) is 37.3 Å². The molecule has 1 saturated heterocycles. The summed E-state index contributed by atoms with van der Waals surface area (Å²) in [5.74, 6) is -0.215. The van der Waals surface area contributed by atoms with E-state index in [2.05, 4.69) is 40.3 Å². The molecule has 2 aliphatic heterocycles. The van der Waals surface area contributed by atoms with Crippen molar-refractivity contribution in [3.05, 3.63) is 88.3 Å². The van der Waals surface area contributed by atoms with Crippen LogP contribution in [0, 0.1) is 17.7 Å². The number of pyridine rings is 1. The normalized spacial score (nSPS) is 16.6. The van der Waals surface area contributed by atoms with Crippen molar-refractivity contribution in [2.75, 3.05) is 38.7 Å². The number of methoxy groups -OCH3 is 1. The first-order chi connectivity index (χ1) is 19.8. The van der Waals surface area contributed by atoms with E-state index < -0.39 is 5.97 Å². The molecule has 5 rings (SSSR count). The Balaban J connectivity index is 1.31. The van der Waals surface area contributed by atoms with Crippen molar-refractivity contribution in [3.8, 4) is 17.0 Å². The number of benzene rings is 2. The average molecular weight is 557 g/mol. The largest absolute Gasteiger partial charge is 0.488 e. The van der Waals surface area contributed by atoms with E-state index in [1.165, 1.54) is 18.2 Å². The molecule has 1 fully saturated rings. The van der Waals surface area contributed by atoms with Gasteiger partial charge in [0.25, 0.3) is 0 Å². The molecule has 3 aromatic rings. The second-order valence-electron chi connectivity index (χ2n) is 11.0. The Morgan fingerprint density at radius 1 is 1.20 bits per heavy atom. The fraction of sp³-hybridized carbons (Fsp3) is 0.344. The third-order valence-corrected chi connectivity index (χ3v) is 7.55. The van der Waals surface area contributed by atoms with Crippen molar-refractivity contribution >= 4 is 18.0 Å². The summed E-state index contributed by atoms with van der Waals surface area (Å²) in [7, 11) is 1.34. The first kappa shape index (κ1) is 28.3. The van der Waals surface area contributed by atoms with Crippen LogP contribution in [-0.4, -0.2) is 60.6 Å². The monoisotopic (exact) mass is 556 g/mol. The number of aryl methyl sites for hydroxylation is 1. The third kappa shape index (κ3) is 6.42. The minimum atomic E-state index is -1.27. The predicted molar refractivity (Wildman–Crippen MR) is 157 cm³/mol. The number of nitrogens with zero attached hydrogens (tertiary/aromatic N) is 2. The molecule has 9 heteroatoms. The number of carboxylic acid groups (broad SMARTS) is 1. The molecule has 0 radical (unpaired) electrons. The summed E-state index contributed by atoms with van der Waals surface area (Å²) < 4.78 is 17.0. The van der Waals surface area contributed by atoms with E-state index in [0.717, 1.165) is 67.9 Å². The molecule has 2 aromatic carbocycles. The van der Waals surface area contributed by atoms with Crippen LogP contribution < -0.4 is 10.1 Å². The van der Waals surface area contributed by atoms with E-state index in [4.69, 9.17) is 19.6 Å². The topological polar surface area (TPSA) is 117 Å². The SMILES string of the molecule is CO/C(Nc1cccc(-c2cccc(C)c2OCc2ccc3c(c2)CCN(CC2(C)COC2)C3)n1)=C(/C=N)C(=O)O. The third-order valence-electron chi connectivity index (χ3n) is 7.55. The summed E-state index contributed by atoms with van der Waals surface area (Å²) in [6.45, 7) is 9.54. The standard InChI is InChI=1S/C32H36N4O5/c1-21-6-4-7-25(27-8-5-9-28(34-27)35-30(39-3)26(15-33)31(37)38)29(21)41-17-22-10-11-24-16-36(13-12-23(24)14-22)18-32(2)19-40-20-32/h4-11,14-15,33H,12-13,16-20H2,1-3H3,(H,34,35)(H,37,38)/b30-26-,33-15?. The van der Waals surface area contributed by atoms with E-state index in [0.29, 0.717) is 18.1 Å². The van der Waals surface area contributed by atoms with Gasteiger partial charge in [-0.2, -0.15) is 0 Å². The lowest BCUT2D eigenvalue weighted by atomic mass is 9.87. The molecule has 3 N–H and O–H groups in total. The number of hydrogen-bond donors (Lipinski definition) is 3. The van der Waals surface area contributed by atoms with Gasteiger partial charge in [0.1, 0.15) is 23.7 Å². The molecule has 1 aromatic heterocycles. The highest BCUT2D eigenvalue weighted by Gasteiger charge is 2.35. The van der Waals surface area contributed by atoms with Crippen LogP contribution >= 0.6 is 0 Å². The lowest BCUT2D eigenvalue weighted by Gasteiger charge is -2.43. The van der Waals surface area contributed by atoms with Gasteiger partial charge in [0, 0.05) is 36.8 Å². The van der Waals surface area contributed by atoms with Gasteiger partial charge in [0.15, 0.2) is 0 Å². The Labute approximate surface area is 240 Å². The summed E-state index contributed by atoms with van der Waals surface area (Å²) in [6, 6.07) is 18.0. The molecule has 2 aliphatic rings. The van der Waals surface area contributed by atoms with Crippen LogP contribution in [-0.2, 0) is 33.8 Å². The summed E-state index contributed by atoms with van der Waals surface area (Å²) in [5.41, 5.74) is 6.33. The second kappa shape index (κ2) is 12.1. The molecule has 0 unspecified atom stereocenters. The maximum atomic E-state index is 11.5. The molecule has 0 bridgehead atoms. The average Bonchev–Trinajstić information content (AvgIpc) is 2.95. The highest BCUT2D eigenvalue weighted by Crippen LogP contribution is 2.34. The van der Waals surface area contributed by atoms with Crippen LogP contribution in [0.3, 0.4) is 0 Å². The van der Waals surface area contributed by atoms with Crippen LogP contribution in [0.5, 0.6) is 5.75 Å². The van der Waals surface area contributed by atoms with Gasteiger partial charge in [-0.25, -0.2) is 9.78 Å². The fourth-order valence-electron chi connectivity index (χ4n) is 5.40. The summed E-state index contributed by atoms with van der Waals surface area (Å²) in [4.78, 5) is 18.7. The van der Waals surface area contributed by atoms with E-state index in [1.54, 1.807) is 6.07 Å². The number of hydrogen-bond acceptors (Lipinski definition) is 8. The van der Waals surface area contributed by atoms with E-state index in [9.17, 15) is 9.90 Å². The molecule has 0 spiro atoms. The Kier molecular flexibility index (Phi) is 8.37. The zero-order valence-electron chi connectivity index (χ0n) is 23.7. The number of fused-ring (bicyclic) bond motifs is 1. The van der Waals surface area contributed by atoms with Crippen LogP contribution in [0.2, 0.25) is 0 Å². The second-order valence-corrected chi connectivity index (χ2v) is 11.0. The number of anilines is 1. The zero-order chi connectivity index (χ0) is 29.0. The minimum absolute atomic E-state index is 0.0698. The number of rotatable bonds is 11. The Bertz CT molecular complexity index is 1480. The van der Waals surface area contributed by atoms with E-state index >= 15 is 0 Å². The maximum Gasteiger partial charge on any atom is 0.342 e. The molecule has 0 saturated carbocycles. The van der Waals surface area contributed by atoms with Crippen molar-refractivity contribution in [2.24, 2.45) is 5.41 Å². The van der Waals surface area contributed by atoms with Crippen LogP contribution in [0.1, 0.15) is 29.2 Å². The van der Waals surface area contributed by atoms with E-state index in [-0.39, 0.29) is 16.9 Å². The van der Waals surface area contributed by atoms with Gasteiger partial charge in [-0.05, 0) is 53.8 Å². The molecule has 0 amide bonds. The number of nitrogens with one attached hydrogen (secondary N) is 2. The van der Waals surface area contributed by atoms with Crippen molar-refractivity contribution < 1.29 is 24.1 Å². The van der Waals surface area contributed by atoms with Crippen LogP contribution in [0.15, 0.2) is 66.1 Å². The Hall–Kier alpha value is -4.21. The molecule has 9 nitrogen and oxygen atoms in total. The summed E-state index contributed by atoms with van der Waals surface area (Å²) >= 11 is 0. The highest BCUT2D eigenvalue weighted by atomic mass is 16.5. The van der Waals surface area contributed by atoms with Gasteiger partial charge < -0.3 is 30.0 Å². The van der Waals surface area contributed by atoms with Gasteiger partial charge in [0.2, 0.25) is 5.88 Å². The van der Waals surface area contributed by atoms with Crippen molar-refractivity contribution in [3.63, 3.8) is 0 Å². The molecule has 0 aliphatic carbocycles. The lowest BCUT2D eigenvalue weighted by molar-refractivity contribution is -0.132. The van der Waals surface area contributed by atoms with Crippen LogP contribution in [0.4, 0.5) is 5.82 Å². The van der Waals surface area contributed by atoms with Gasteiger partial charge in [0.05, 0.1) is 26.0 Å². The Morgan fingerprint density at radius 2 is 2.00 bits per heavy atom. The highest BCUT2D eigenvalue weighted by molar-refractivity contribution is 6.08. The number of carbonyl (C=O) groups is 1. The molecular formula is C32H36N4O5. The fourth-order valence-corrected chi connectivity index (χ4v) is 5.40. The quantitative estimate of drug-likeness (QED) is 0.171. The summed E-state index contributed by atoms with van der Waals surface area (Å²) in [6.07, 6.45) is 1.76. The minimum Gasteiger partial charge on any atom is -0.488 e. The summed E-state index contributed by atoms with van der Waals surface area (Å²) in [5, 5.41) is 19.6. The molecule has 41 heavy (non-hydrogen) atoms. The van der Waals surface area contributed by atoms with Gasteiger partial charge in [-0.1, -0.05) is 43.3 Å².